The predicted octanol–water partition coefficient (Wildman–Crippen LogP) is 5.40. The maximum Gasteiger partial charge on any atom is 0.438 e. The summed E-state index contributed by atoms with van der Waals surface area (Å²) >= 11 is 0. The number of aliphatic carboxylic acids is 1. The number of hydrogen-bond donors (Lipinski definition) is 2. The van der Waals surface area contributed by atoms with Gasteiger partial charge >= 0.3 is 59.5 Å². The second-order valence-corrected chi connectivity index (χ2v) is 7.68. The van der Waals surface area contributed by atoms with E-state index in [9.17, 15) is 93.3 Å². The molecule has 2 N–H and O–H groups in total. The molecule has 0 aliphatic heterocycles. The molecule has 4 nitrogen and oxygen atoms in total. The predicted molar refractivity (Wildman–Crippen MR) is 81.4 cm³/mol. The lowest BCUT2D eigenvalue weighted by atomic mass is 9.83. The van der Waals surface area contributed by atoms with Crippen LogP contribution in [0.4, 0.5) is 83.4 Å². The van der Waals surface area contributed by atoms with E-state index >= 15 is 0 Å². The lowest BCUT2D eigenvalue weighted by Crippen LogP contribution is -2.77. The van der Waals surface area contributed by atoms with Crippen LogP contribution in [0.2, 0.25) is 0 Å². The summed E-state index contributed by atoms with van der Waals surface area (Å²) in [5, 5.41) is 17.6. The van der Waals surface area contributed by atoms with Gasteiger partial charge in [0.15, 0.2) is 0 Å². The molecule has 0 fully saturated rings. The van der Waals surface area contributed by atoms with Gasteiger partial charge in [-0.3, -0.25) is 9.69 Å². The quantitative estimate of drug-likeness (QED) is 0.289. The van der Waals surface area contributed by atoms with Gasteiger partial charge in [0.25, 0.3) is 0 Å². The first kappa shape index (κ1) is 36.1. The number of alkyl halides is 19. The zero-order chi connectivity index (χ0) is 31.4. The third kappa shape index (κ3) is 5.40. The van der Waals surface area contributed by atoms with E-state index in [0.717, 1.165) is 0 Å². The van der Waals surface area contributed by atoms with Gasteiger partial charge in [-0.15, -0.1) is 0 Å². The number of hydrogen-bond acceptors (Lipinski definition) is 3. The molecule has 0 saturated heterocycles. The maximum absolute atomic E-state index is 13.8. The van der Waals surface area contributed by atoms with Gasteiger partial charge in [-0.1, -0.05) is 0 Å². The number of carboxylic acid groups (broad SMARTS) is 1. The summed E-state index contributed by atoms with van der Waals surface area (Å²) in [7, 11) is 0.656. The topological polar surface area (TPSA) is 60.8 Å². The van der Waals surface area contributed by atoms with Crippen LogP contribution in [0.25, 0.3) is 0 Å². The normalized spacial score (nSPS) is 16.7. The van der Waals surface area contributed by atoms with Gasteiger partial charge in [0.1, 0.15) is 0 Å². The molecule has 0 aromatic rings. The van der Waals surface area contributed by atoms with Crippen molar-refractivity contribution in [1.82, 2.24) is 4.90 Å². The average molecular weight is 615 g/mol. The second-order valence-electron chi connectivity index (χ2n) is 7.68. The zero-order valence-corrected chi connectivity index (χ0v) is 17.6. The first-order valence-electron chi connectivity index (χ1n) is 8.88. The van der Waals surface area contributed by atoms with Crippen LogP contribution in [-0.2, 0) is 4.79 Å². The Morgan fingerprint density at radius 3 is 1.26 bits per heavy atom. The van der Waals surface area contributed by atoms with Crippen molar-refractivity contribution in [3.05, 3.63) is 0 Å². The third-order valence-electron chi connectivity index (χ3n) is 4.67. The minimum Gasteiger partial charge on any atom is -0.480 e. The number of aliphatic hydroxyl groups excluding tert-OH is 1. The fourth-order valence-electron chi connectivity index (χ4n) is 2.70. The number of nitrogens with zero attached hydrogens (tertiary/aromatic N) is 1. The van der Waals surface area contributed by atoms with Gasteiger partial charge in [-0.25, -0.2) is 4.39 Å². The van der Waals surface area contributed by atoms with Crippen LogP contribution >= 0.6 is 0 Å². The van der Waals surface area contributed by atoms with Gasteiger partial charge < -0.3 is 10.2 Å². The summed E-state index contributed by atoms with van der Waals surface area (Å²) in [5.74, 6) is -52.6. The van der Waals surface area contributed by atoms with E-state index in [0.29, 0.717) is 11.9 Å². The molecule has 0 amide bonds. The van der Waals surface area contributed by atoms with Crippen molar-refractivity contribution in [1.29, 1.82) is 0 Å². The Kier molecular flexibility index (Phi) is 9.41. The van der Waals surface area contributed by atoms with Gasteiger partial charge in [0.05, 0.1) is 12.6 Å². The standard InChI is InChI=1S/C15H12F19NO3/c1-35(4-6(37)38)3-5(36)2-7(16,17)9(19,20)11(23,24)13(27,28)12(25,26)10(21,22)8(18,14(29,30)31)15(32,33)34/h5,36H,2-4H2,1H3,(H,37,38)/t5-/m0/s1. The van der Waals surface area contributed by atoms with E-state index in [-0.39, 0.29) is 0 Å². The van der Waals surface area contributed by atoms with Crippen molar-refractivity contribution in [2.45, 2.75) is 66.1 Å². The molecule has 0 aromatic carbocycles. The van der Waals surface area contributed by atoms with Crippen LogP contribution in [0.3, 0.4) is 0 Å². The first-order valence-corrected chi connectivity index (χ1v) is 8.88. The molecule has 0 rings (SSSR count). The molecule has 23 heteroatoms. The van der Waals surface area contributed by atoms with Gasteiger partial charge in [0, 0.05) is 13.0 Å². The average Bonchev–Trinajstić information content (AvgIpc) is 2.62. The molecule has 0 bridgehead atoms. The van der Waals surface area contributed by atoms with E-state index in [2.05, 4.69) is 0 Å². The van der Waals surface area contributed by atoms with E-state index < -0.39 is 85.1 Å². The molecule has 0 aromatic heterocycles. The highest BCUT2D eigenvalue weighted by molar-refractivity contribution is 5.69. The highest BCUT2D eigenvalue weighted by Gasteiger charge is 2.98. The fourth-order valence-corrected chi connectivity index (χ4v) is 2.70. The molecular formula is C15H12F19NO3. The highest BCUT2D eigenvalue weighted by atomic mass is 19.4. The van der Waals surface area contributed by atoms with E-state index in [1.54, 1.807) is 0 Å². The number of likely N-dealkylation sites (N-methyl/N-ethyl adjacent to an activating group) is 1. The minimum absolute atomic E-state index is 0.303. The van der Waals surface area contributed by atoms with Crippen LogP contribution in [0.1, 0.15) is 6.42 Å². The molecule has 0 unspecified atom stereocenters. The summed E-state index contributed by atoms with van der Waals surface area (Å²) < 4.78 is 252. The molecule has 38 heavy (non-hydrogen) atoms. The second kappa shape index (κ2) is 9.91. The number of carbonyl (C=O) groups is 1. The molecule has 0 aliphatic rings. The molecule has 0 aliphatic carbocycles. The Morgan fingerprint density at radius 1 is 0.632 bits per heavy atom. The summed E-state index contributed by atoms with van der Waals surface area (Å²) in [6.45, 7) is -2.63. The van der Waals surface area contributed by atoms with Crippen LogP contribution in [0.15, 0.2) is 0 Å². The van der Waals surface area contributed by atoms with Crippen LogP contribution < -0.4 is 0 Å². The Morgan fingerprint density at radius 2 is 0.947 bits per heavy atom. The van der Waals surface area contributed by atoms with Crippen molar-refractivity contribution in [3.8, 4) is 0 Å². The number of aliphatic hydroxyl groups is 1. The monoisotopic (exact) mass is 615 g/mol. The Bertz CT molecular complexity index is 835. The molecule has 0 heterocycles. The molecule has 0 saturated carbocycles. The van der Waals surface area contributed by atoms with Crippen molar-refractivity contribution in [2.24, 2.45) is 0 Å². The van der Waals surface area contributed by atoms with Gasteiger partial charge in [-0.05, 0) is 7.05 Å². The number of carboxylic acids is 1. The SMILES string of the molecule is CN(CC(=O)O)C[C@@H](O)CC(F)(F)C(F)(F)C(F)(F)C(F)(F)C(F)(F)C(F)(F)C(F)(C(F)(F)F)C(F)(F)F. The molecule has 0 spiro atoms. The number of halogens is 19. The van der Waals surface area contributed by atoms with Crippen molar-refractivity contribution in [3.63, 3.8) is 0 Å². The molecule has 228 valence electrons. The summed E-state index contributed by atoms with van der Waals surface area (Å²) in [6, 6.07) is 0. The lowest BCUT2D eigenvalue weighted by molar-refractivity contribution is -0.472. The lowest BCUT2D eigenvalue weighted by Gasteiger charge is -2.45. The largest absolute Gasteiger partial charge is 0.480 e. The zero-order valence-electron chi connectivity index (χ0n) is 17.6. The molecule has 0 radical (unpaired) electrons. The van der Waals surface area contributed by atoms with Crippen LogP contribution in [0.5, 0.6) is 0 Å². The van der Waals surface area contributed by atoms with Crippen LogP contribution in [-0.4, -0.2) is 101 Å². The third-order valence-corrected chi connectivity index (χ3v) is 4.67. The van der Waals surface area contributed by atoms with E-state index in [4.69, 9.17) is 5.11 Å². The van der Waals surface area contributed by atoms with E-state index in [1.807, 2.05) is 0 Å². The Balaban J connectivity index is 6.71. The van der Waals surface area contributed by atoms with Gasteiger partial charge in [0.2, 0.25) is 0 Å². The number of rotatable bonds is 12. The molecule has 1 atom stereocenters. The van der Waals surface area contributed by atoms with Crippen LogP contribution in [0, 0.1) is 0 Å². The fraction of sp³-hybridized carbons (Fsp3) is 0.933. The summed E-state index contributed by atoms with van der Waals surface area (Å²) in [6.07, 6.45) is -22.9. The molecular weight excluding hydrogens is 603 g/mol. The summed E-state index contributed by atoms with van der Waals surface area (Å²) in [4.78, 5) is 10.7. The smallest absolute Gasteiger partial charge is 0.438 e. The van der Waals surface area contributed by atoms with Crippen molar-refractivity contribution in [2.75, 3.05) is 20.1 Å². The van der Waals surface area contributed by atoms with Crippen molar-refractivity contribution < 1.29 is 98.4 Å². The Hall–Kier alpha value is -1.94. The summed E-state index contributed by atoms with van der Waals surface area (Å²) in [5.41, 5.74) is -8.81. The van der Waals surface area contributed by atoms with Gasteiger partial charge in [-0.2, -0.15) is 79.0 Å². The van der Waals surface area contributed by atoms with Crippen molar-refractivity contribution >= 4 is 5.97 Å². The highest BCUT2D eigenvalue weighted by Crippen LogP contribution is 2.66. The minimum atomic E-state index is -9.11. The Labute approximate surface area is 197 Å². The van der Waals surface area contributed by atoms with E-state index in [1.165, 1.54) is 0 Å². The maximum atomic E-state index is 13.8. The first-order chi connectivity index (χ1) is 16.2.